The topological polar surface area (TPSA) is 47.9 Å². The summed E-state index contributed by atoms with van der Waals surface area (Å²) in [5.41, 5.74) is 1.12. The predicted octanol–water partition coefficient (Wildman–Crippen LogP) is 4.18. The predicted molar refractivity (Wildman–Crippen MR) is 88.3 cm³/mol. The molecule has 0 spiro atoms. The van der Waals surface area contributed by atoms with E-state index in [1.807, 2.05) is 0 Å². The molecule has 0 saturated carbocycles. The van der Waals surface area contributed by atoms with Gasteiger partial charge in [0.15, 0.2) is 11.5 Å². The first kappa shape index (κ1) is 14.8. The van der Waals surface area contributed by atoms with E-state index < -0.39 is 0 Å². The lowest BCUT2D eigenvalue weighted by Gasteiger charge is -2.01. The molecule has 0 amide bonds. The van der Waals surface area contributed by atoms with Crippen molar-refractivity contribution in [1.29, 1.82) is 0 Å². The van der Waals surface area contributed by atoms with Crippen molar-refractivity contribution in [3.8, 4) is 11.5 Å². The number of benzene rings is 1. The van der Waals surface area contributed by atoms with Gasteiger partial charge in [-0.1, -0.05) is 30.3 Å². The van der Waals surface area contributed by atoms with Gasteiger partial charge in [0, 0.05) is 6.07 Å². The van der Waals surface area contributed by atoms with Crippen LogP contribution in [0.1, 0.15) is 18.9 Å². The smallest absolute Gasteiger partial charge is 0.244 e. The molecular formula is C14H12ClNO3S2. The Balaban J connectivity index is 1.88. The number of thioether (sulfide) groups is 2. The van der Waals surface area contributed by atoms with Crippen molar-refractivity contribution >= 4 is 50.7 Å². The van der Waals surface area contributed by atoms with Gasteiger partial charge in [0.2, 0.25) is 11.9 Å². The minimum Gasteiger partial charge on any atom is -0.454 e. The Morgan fingerprint density at radius 2 is 2.19 bits per heavy atom. The number of ether oxygens (including phenoxy) is 2. The first-order chi connectivity index (χ1) is 10.2. The summed E-state index contributed by atoms with van der Waals surface area (Å²) in [7, 11) is 0. The Morgan fingerprint density at radius 3 is 2.95 bits per heavy atom. The van der Waals surface area contributed by atoms with E-state index in [0.717, 1.165) is 16.5 Å². The minimum atomic E-state index is -0.0534. The number of carbonyl (C=O) groups is 1. The van der Waals surface area contributed by atoms with Gasteiger partial charge in [-0.15, -0.1) is 0 Å². The SMILES string of the molecule is CCCSC1=NC(=Cc2cc3c(cc2Cl)OCO3)C(=O)S1. The summed E-state index contributed by atoms with van der Waals surface area (Å²) < 4.78 is 11.4. The molecule has 0 N–H and O–H groups in total. The van der Waals surface area contributed by atoms with Gasteiger partial charge in [0.1, 0.15) is 10.1 Å². The second-order valence-corrected chi connectivity index (χ2v) is 7.08. The lowest BCUT2D eigenvalue weighted by Crippen LogP contribution is -1.92. The average Bonchev–Trinajstić information content (AvgIpc) is 3.04. The summed E-state index contributed by atoms with van der Waals surface area (Å²) >= 11 is 8.97. The molecule has 2 aliphatic heterocycles. The first-order valence-electron chi connectivity index (χ1n) is 6.42. The molecule has 0 fully saturated rings. The van der Waals surface area contributed by atoms with Crippen molar-refractivity contribution in [3.05, 3.63) is 28.4 Å². The molecular weight excluding hydrogens is 330 g/mol. The molecule has 3 rings (SSSR count). The molecule has 0 unspecified atom stereocenters. The largest absolute Gasteiger partial charge is 0.454 e. The Morgan fingerprint density at radius 1 is 1.43 bits per heavy atom. The van der Waals surface area contributed by atoms with E-state index in [-0.39, 0.29) is 11.9 Å². The van der Waals surface area contributed by atoms with Gasteiger partial charge in [0.05, 0.1) is 5.02 Å². The molecule has 2 heterocycles. The minimum absolute atomic E-state index is 0.0534. The van der Waals surface area contributed by atoms with Crippen LogP contribution < -0.4 is 9.47 Å². The van der Waals surface area contributed by atoms with Crippen LogP contribution in [0.2, 0.25) is 5.02 Å². The van der Waals surface area contributed by atoms with E-state index in [1.165, 1.54) is 11.8 Å². The third-order valence-corrected chi connectivity index (χ3v) is 5.36. The molecule has 4 nitrogen and oxygen atoms in total. The van der Waals surface area contributed by atoms with Gasteiger partial charge >= 0.3 is 0 Å². The zero-order chi connectivity index (χ0) is 14.8. The Hall–Kier alpha value is -1.11. The van der Waals surface area contributed by atoms with Crippen LogP contribution in [-0.4, -0.2) is 22.0 Å². The number of halogens is 1. The van der Waals surface area contributed by atoms with Crippen LogP contribution in [0.25, 0.3) is 6.08 Å². The van der Waals surface area contributed by atoms with E-state index in [0.29, 0.717) is 27.8 Å². The molecule has 1 aromatic rings. The zero-order valence-corrected chi connectivity index (χ0v) is 13.6. The number of rotatable bonds is 3. The molecule has 2 aliphatic rings. The Kier molecular flexibility index (Phi) is 4.47. The lowest BCUT2D eigenvalue weighted by atomic mass is 10.1. The number of carbonyl (C=O) groups excluding carboxylic acids is 1. The zero-order valence-electron chi connectivity index (χ0n) is 11.2. The van der Waals surface area contributed by atoms with Gasteiger partial charge < -0.3 is 9.47 Å². The summed E-state index contributed by atoms with van der Waals surface area (Å²) in [6, 6.07) is 3.46. The van der Waals surface area contributed by atoms with Crippen molar-refractivity contribution in [2.75, 3.05) is 12.5 Å². The van der Waals surface area contributed by atoms with Crippen molar-refractivity contribution in [2.45, 2.75) is 13.3 Å². The van der Waals surface area contributed by atoms with Crippen molar-refractivity contribution < 1.29 is 14.3 Å². The van der Waals surface area contributed by atoms with Gasteiger partial charge in [-0.3, -0.25) is 4.79 Å². The van der Waals surface area contributed by atoms with Crippen molar-refractivity contribution in [1.82, 2.24) is 0 Å². The normalized spacial score (nSPS) is 18.5. The fraction of sp³-hybridized carbons (Fsp3) is 0.286. The Labute approximate surface area is 135 Å². The van der Waals surface area contributed by atoms with Crippen LogP contribution in [0.15, 0.2) is 22.8 Å². The molecule has 0 aliphatic carbocycles. The van der Waals surface area contributed by atoms with E-state index in [1.54, 1.807) is 30.0 Å². The van der Waals surface area contributed by atoms with Crippen LogP contribution >= 0.6 is 35.1 Å². The fourth-order valence-electron chi connectivity index (χ4n) is 1.83. The highest BCUT2D eigenvalue weighted by atomic mass is 35.5. The second kappa shape index (κ2) is 6.34. The highest BCUT2D eigenvalue weighted by molar-refractivity contribution is 8.45. The summed E-state index contributed by atoms with van der Waals surface area (Å²) in [5.74, 6) is 2.21. The molecule has 21 heavy (non-hydrogen) atoms. The summed E-state index contributed by atoms with van der Waals surface area (Å²) in [4.78, 5) is 16.3. The average molecular weight is 342 g/mol. The third-order valence-electron chi connectivity index (χ3n) is 2.81. The van der Waals surface area contributed by atoms with Crippen LogP contribution in [0.4, 0.5) is 0 Å². The Bertz CT molecular complexity index is 658. The molecule has 0 saturated heterocycles. The fourth-order valence-corrected chi connectivity index (χ4v) is 3.81. The van der Waals surface area contributed by atoms with Crippen molar-refractivity contribution in [2.24, 2.45) is 4.99 Å². The lowest BCUT2D eigenvalue weighted by molar-refractivity contribution is -0.107. The van der Waals surface area contributed by atoms with Crippen LogP contribution in [0.3, 0.4) is 0 Å². The summed E-state index contributed by atoms with van der Waals surface area (Å²) in [5, 5.41) is 0.455. The number of hydrogen-bond acceptors (Lipinski definition) is 6. The molecule has 0 bridgehead atoms. The number of nitrogens with zero attached hydrogens (tertiary/aromatic N) is 1. The maximum Gasteiger partial charge on any atom is 0.244 e. The second-order valence-electron chi connectivity index (χ2n) is 4.37. The molecule has 0 radical (unpaired) electrons. The third kappa shape index (κ3) is 3.22. The van der Waals surface area contributed by atoms with E-state index >= 15 is 0 Å². The highest BCUT2D eigenvalue weighted by Crippen LogP contribution is 2.39. The molecule has 0 atom stereocenters. The molecule has 0 aromatic heterocycles. The van der Waals surface area contributed by atoms with E-state index in [9.17, 15) is 4.79 Å². The standard InChI is InChI=1S/C14H12ClNO3S2/c1-2-3-20-14-16-10(13(17)21-14)4-8-5-11-12(6-9(8)15)19-7-18-11/h4-6H,2-3,7H2,1H3. The van der Waals surface area contributed by atoms with Crippen LogP contribution in [0, 0.1) is 0 Å². The summed E-state index contributed by atoms with van der Waals surface area (Å²) in [6.45, 7) is 2.29. The van der Waals surface area contributed by atoms with E-state index in [4.69, 9.17) is 21.1 Å². The van der Waals surface area contributed by atoms with Crippen molar-refractivity contribution in [3.63, 3.8) is 0 Å². The van der Waals surface area contributed by atoms with E-state index in [2.05, 4.69) is 11.9 Å². The number of hydrogen-bond donors (Lipinski definition) is 0. The highest BCUT2D eigenvalue weighted by Gasteiger charge is 2.23. The van der Waals surface area contributed by atoms with Crippen LogP contribution in [0.5, 0.6) is 11.5 Å². The van der Waals surface area contributed by atoms with Gasteiger partial charge in [0.25, 0.3) is 0 Å². The molecule has 7 heteroatoms. The van der Waals surface area contributed by atoms with Gasteiger partial charge in [-0.25, -0.2) is 4.99 Å². The maximum atomic E-state index is 12.0. The van der Waals surface area contributed by atoms with Gasteiger partial charge in [-0.05, 0) is 41.6 Å². The maximum absolute atomic E-state index is 12.0. The number of fused-ring (bicyclic) bond motifs is 1. The van der Waals surface area contributed by atoms with Crippen LogP contribution in [-0.2, 0) is 4.79 Å². The quantitative estimate of drug-likeness (QED) is 0.772. The first-order valence-corrected chi connectivity index (χ1v) is 8.60. The number of aliphatic imine (C=N–C) groups is 1. The molecule has 110 valence electrons. The van der Waals surface area contributed by atoms with Gasteiger partial charge in [-0.2, -0.15) is 0 Å². The molecule has 1 aromatic carbocycles. The monoisotopic (exact) mass is 341 g/mol. The summed E-state index contributed by atoms with van der Waals surface area (Å²) in [6.07, 6.45) is 2.74.